The number of nitrogens with one attached hydrogen (secondary N) is 1. The molecule has 5 heteroatoms. The molecular weight excluding hydrogens is 352 g/mol. The second kappa shape index (κ2) is 8.29. The first kappa shape index (κ1) is 17.6. The number of hydrogen-bond acceptors (Lipinski definition) is 4. The number of aryl methyl sites for hydroxylation is 1. The van der Waals surface area contributed by atoms with Crippen LogP contribution in [-0.2, 0) is 19.6 Å². The highest BCUT2D eigenvalue weighted by atomic mass is 32.1. The lowest BCUT2D eigenvalue weighted by Gasteiger charge is -2.04. The van der Waals surface area contributed by atoms with E-state index in [0.717, 1.165) is 23.5 Å². The van der Waals surface area contributed by atoms with Crippen molar-refractivity contribution in [2.24, 2.45) is 0 Å². The first-order valence-corrected chi connectivity index (χ1v) is 9.94. The van der Waals surface area contributed by atoms with Crippen LogP contribution in [0.3, 0.4) is 0 Å². The van der Waals surface area contributed by atoms with Crippen LogP contribution >= 0.6 is 11.3 Å². The minimum Gasteiger partial charge on any atom is -0.306 e. The SMILES string of the molecule is Cc1ccccc1Cn1nc(CNCc2cccs2)c(-c2ccccc2)n1. The Labute approximate surface area is 163 Å². The van der Waals surface area contributed by atoms with Gasteiger partial charge >= 0.3 is 0 Å². The molecule has 0 aliphatic rings. The van der Waals surface area contributed by atoms with E-state index in [1.807, 2.05) is 23.0 Å². The Morgan fingerprint density at radius 2 is 1.70 bits per heavy atom. The van der Waals surface area contributed by atoms with Gasteiger partial charge in [0.2, 0.25) is 0 Å². The fraction of sp³-hybridized carbons (Fsp3) is 0.182. The lowest BCUT2D eigenvalue weighted by atomic mass is 10.1. The van der Waals surface area contributed by atoms with Gasteiger partial charge in [0.05, 0.1) is 6.54 Å². The minimum absolute atomic E-state index is 0.678. The molecule has 0 atom stereocenters. The van der Waals surface area contributed by atoms with Crippen molar-refractivity contribution in [3.8, 4) is 11.3 Å². The predicted molar refractivity (Wildman–Crippen MR) is 111 cm³/mol. The molecule has 0 fully saturated rings. The molecule has 2 aromatic carbocycles. The van der Waals surface area contributed by atoms with Crippen LogP contribution in [-0.4, -0.2) is 15.0 Å². The summed E-state index contributed by atoms with van der Waals surface area (Å²) in [6.45, 7) is 4.34. The third-order valence-corrected chi connectivity index (χ3v) is 5.39. The van der Waals surface area contributed by atoms with Crippen LogP contribution in [0.15, 0.2) is 72.1 Å². The summed E-state index contributed by atoms with van der Waals surface area (Å²) >= 11 is 1.76. The molecule has 2 heterocycles. The Morgan fingerprint density at radius 1 is 0.889 bits per heavy atom. The third-order valence-electron chi connectivity index (χ3n) is 4.52. The maximum atomic E-state index is 4.80. The number of nitrogens with zero attached hydrogens (tertiary/aromatic N) is 3. The van der Waals surface area contributed by atoms with Gasteiger partial charge in [-0.1, -0.05) is 60.7 Å². The number of thiophene rings is 1. The Kier molecular flexibility index (Phi) is 5.42. The van der Waals surface area contributed by atoms with Crippen molar-refractivity contribution in [3.05, 3.63) is 93.8 Å². The summed E-state index contributed by atoms with van der Waals surface area (Å²) in [5, 5.41) is 15.2. The molecule has 0 saturated carbocycles. The number of rotatable bonds is 7. The second-order valence-electron chi connectivity index (χ2n) is 6.50. The first-order valence-electron chi connectivity index (χ1n) is 9.06. The standard InChI is InChI=1S/C22H22N4S/c1-17-8-5-6-11-19(17)16-26-24-21(15-23-14-20-12-7-13-27-20)22(25-26)18-9-3-2-4-10-18/h2-13,23H,14-16H2,1H3. The van der Waals surface area contributed by atoms with Crippen LogP contribution < -0.4 is 5.32 Å². The van der Waals surface area contributed by atoms with Crippen molar-refractivity contribution in [1.29, 1.82) is 0 Å². The fourth-order valence-electron chi connectivity index (χ4n) is 3.05. The number of hydrogen-bond donors (Lipinski definition) is 1. The van der Waals surface area contributed by atoms with E-state index in [1.165, 1.54) is 16.0 Å². The molecule has 0 aliphatic heterocycles. The maximum absolute atomic E-state index is 4.80. The predicted octanol–water partition coefficient (Wildman–Crippen LogP) is 4.65. The first-order chi connectivity index (χ1) is 13.3. The Bertz CT molecular complexity index is 990. The molecule has 0 amide bonds. The molecule has 4 nitrogen and oxygen atoms in total. The summed E-state index contributed by atoms with van der Waals surface area (Å²) in [5.41, 5.74) is 5.52. The molecule has 4 rings (SSSR count). The van der Waals surface area contributed by atoms with Crippen molar-refractivity contribution in [1.82, 2.24) is 20.3 Å². The van der Waals surface area contributed by atoms with Gasteiger partial charge < -0.3 is 5.32 Å². The zero-order valence-electron chi connectivity index (χ0n) is 15.3. The molecule has 0 spiro atoms. The zero-order valence-corrected chi connectivity index (χ0v) is 16.1. The van der Waals surface area contributed by atoms with Crippen LogP contribution in [0.4, 0.5) is 0 Å². The van der Waals surface area contributed by atoms with Crippen molar-refractivity contribution in [2.75, 3.05) is 0 Å². The molecule has 2 aromatic heterocycles. The van der Waals surface area contributed by atoms with Gasteiger partial charge in [-0.3, -0.25) is 0 Å². The highest BCUT2D eigenvalue weighted by molar-refractivity contribution is 7.09. The van der Waals surface area contributed by atoms with Crippen LogP contribution in [0.2, 0.25) is 0 Å². The average Bonchev–Trinajstić information content (AvgIpc) is 3.35. The lowest BCUT2D eigenvalue weighted by Crippen LogP contribution is -2.13. The van der Waals surface area contributed by atoms with E-state index >= 15 is 0 Å². The fourth-order valence-corrected chi connectivity index (χ4v) is 3.72. The van der Waals surface area contributed by atoms with Gasteiger partial charge in [0.25, 0.3) is 0 Å². The van der Waals surface area contributed by atoms with Gasteiger partial charge in [0.15, 0.2) is 0 Å². The van der Waals surface area contributed by atoms with E-state index in [4.69, 9.17) is 10.2 Å². The molecular formula is C22H22N4S. The molecule has 4 aromatic rings. The minimum atomic E-state index is 0.678. The normalized spacial score (nSPS) is 11.0. The molecule has 27 heavy (non-hydrogen) atoms. The molecule has 0 aliphatic carbocycles. The van der Waals surface area contributed by atoms with E-state index in [9.17, 15) is 0 Å². The highest BCUT2D eigenvalue weighted by Crippen LogP contribution is 2.21. The summed E-state index contributed by atoms with van der Waals surface area (Å²) < 4.78 is 0. The second-order valence-corrected chi connectivity index (χ2v) is 7.53. The van der Waals surface area contributed by atoms with Gasteiger partial charge in [-0.05, 0) is 29.5 Å². The Balaban J connectivity index is 1.57. The summed E-state index contributed by atoms with van der Waals surface area (Å²) in [4.78, 5) is 3.14. The topological polar surface area (TPSA) is 42.7 Å². The Morgan fingerprint density at radius 3 is 2.48 bits per heavy atom. The maximum Gasteiger partial charge on any atom is 0.117 e. The van der Waals surface area contributed by atoms with Crippen LogP contribution in [0.25, 0.3) is 11.3 Å². The van der Waals surface area contributed by atoms with E-state index in [-0.39, 0.29) is 0 Å². The van der Waals surface area contributed by atoms with E-state index in [1.54, 1.807) is 11.3 Å². The molecule has 0 bridgehead atoms. The lowest BCUT2D eigenvalue weighted by molar-refractivity contribution is 0.575. The van der Waals surface area contributed by atoms with Crippen molar-refractivity contribution >= 4 is 11.3 Å². The molecule has 0 radical (unpaired) electrons. The largest absolute Gasteiger partial charge is 0.306 e. The van der Waals surface area contributed by atoms with Crippen molar-refractivity contribution in [2.45, 2.75) is 26.6 Å². The van der Waals surface area contributed by atoms with Crippen molar-refractivity contribution in [3.63, 3.8) is 0 Å². The molecule has 1 N–H and O–H groups in total. The van der Waals surface area contributed by atoms with E-state index in [0.29, 0.717) is 13.1 Å². The molecule has 0 saturated heterocycles. The summed E-state index contributed by atoms with van der Waals surface area (Å²) in [6, 6.07) is 22.9. The van der Waals surface area contributed by atoms with Crippen LogP contribution in [0.5, 0.6) is 0 Å². The molecule has 0 unspecified atom stereocenters. The number of benzene rings is 2. The third kappa shape index (κ3) is 4.32. The van der Waals surface area contributed by atoms with Crippen LogP contribution in [0, 0.1) is 6.92 Å². The highest BCUT2D eigenvalue weighted by Gasteiger charge is 2.13. The zero-order chi connectivity index (χ0) is 18.5. The summed E-state index contributed by atoms with van der Waals surface area (Å²) in [7, 11) is 0. The van der Waals surface area contributed by atoms with Gasteiger partial charge in [-0.25, -0.2) is 0 Å². The van der Waals surface area contributed by atoms with Crippen molar-refractivity contribution < 1.29 is 0 Å². The van der Waals surface area contributed by atoms with Gasteiger partial charge in [0.1, 0.15) is 11.4 Å². The van der Waals surface area contributed by atoms with Gasteiger partial charge in [0, 0.05) is 23.5 Å². The summed E-state index contributed by atoms with van der Waals surface area (Å²) in [6.07, 6.45) is 0. The van der Waals surface area contributed by atoms with Gasteiger partial charge in [-0.2, -0.15) is 15.0 Å². The summed E-state index contributed by atoms with van der Waals surface area (Å²) in [5.74, 6) is 0. The van der Waals surface area contributed by atoms with Crippen LogP contribution in [0.1, 0.15) is 21.7 Å². The van der Waals surface area contributed by atoms with Gasteiger partial charge in [-0.15, -0.1) is 11.3 Å². The Hall–Kier alpha value is -2.76. The number of aromatic nitrogens is 3. The average molecular weight is 375 g/mol. The van der Waals surface area contributed by atoms with E-state index in [2.05, 4.69) is 66.2 Å². The smallest absolute Gasteiger partial charge is 0.117 e. The molecule has 136 valence electrons. The van der Waals surface area contributed by atoms with E-state index < -0.39 is 0 Å². The monoisotopic (exact) mass is 374 g/mol. The quantitative estimate of drug-likeness (QED) is 0.512.